The molecule has 170 valence electrons. The number of hydrogen-bond acceptors (Lipinski definition) is 3. The molecule has 0 saturated heterocycles. The molecular formula is C26H27F3O2S. The van der Waals surface area contributed by atoms with Crippen molar-refractivity contribution < 1.29 is 22.7 Å². The first-order valence-electron chi connectivity index (χ1n) is 10.9. The Morgan fingerprint density at radius 1 is 0.906 bits per heavy atom. The molecule has 0 aliphatic heterocycles. The van der Waals surface area contributed by atoms with Crippen LogP contribution in [0, 0.1) is 0 Å². The number of unbranched alkanes of at least 4 members (excludes halogenated alkanes) is 2. The second-order valence-electron chi connectivity index (χ2n) is 7.79. The summed E-state index contributed by atoms with van der Waals surface area (Å²) in [5.74, 6) is 1.10. The van der Waals surface area contributed by atoms with Crippen LogP contribution in [0.4, 0.5) is 13.2 Å². The lowest BCUT2D eigenvalue weighted by molar-refractivity contribution is -0.137. The predicted molar refractivity (Wildman–Crippen MR) is 124 cm³/mol. The third kappa shape index (κ3) is 6.70. The Bertz CT molecular complexity index is 976. The van der Waals surface area contributed by atoms with Gasteiger partial charge in [0.05, 0.1) is 17.0 Å². The summed E-state index contributed by atoms with van der Waals surface area (Å²) < 4.78 is 44.1. The van der Waals surface area contributed by atoms with Crippen molar-refractivity contribution in [1.29, 1.82) is 0 Å². The van der Waals surface area contributed by atoms with Crippen LogP contribution >= 0.6 is 11.3 Å². The summed E-state index contributed by atoms with van der Waals surface area (Å²) >= 11 is 1.55. The fourth-order valence-corrected chi connectivity index (χ4v) is 4.63. The Hall–Kier alpha value is -2.60. The molecule has 2 nitrogen and oxygen atoms in total. The Labute approximate surface area is 191 Å². The first-order chi connectivity index (χ1) is 15.4. The minimum Gasteiger partial charge on any atom is -0.494 e. The molecule has 1 aromatic heterocycles. The number of ether oxygens (including phenoxy) is 1. The van der Waals surface area contributed by atoms with E-state index in [9.17, 15) is 18.0 Å². The third-order valence-electron chi connectivity index (χ3n) is 5.46. The number of thiophene rings is 1. The number of benzene rings is 2. The molecule has 0 radical (unpaired) electrons. The van der Waals surface area contributed by atoms with E-state index in [0.29, 0.717) is 12.5 Å². The number of rotatable bonds is 11. The lowest BCUT2D eigenvalue weighted by Crippen LogP contribution is -2.05. The summed E-state index contributed by atoms with van der Waals surface area (Å²) in [7, 11) is 0. The maximum absolute atomic E-state index is 12.7. The summed E-state index contributed by atoms with van der Waals surface area (Å²) in [6.45, 7) is 2.74. The van der Waals surface area contributed by atoms with Gasteiger partial charge in [-0.3, -0.25) is 4.79 Å². The van der Waals surface area contributed by atoms with Gasteiger partial charge in [0.1, 0.15) is 5.75 Å². The van der Waals surface area contributed by atoms with Crippen LogP contribution in [-0.4, -0.2) is 12.9 Å². The molecule has 1 unspecified atom stereocenters. The zero-order chi connectivity index (χ0) is 23.0. The molecule has 1 atom stereocenters. The third-order valence-corrected chi connectivity index (χ3v) is 6.63. The van der Waals surface area contributed by atoms with Crippen molar-refractivity contribution in [2.45, 2.75) is 51.1 Å². The molecule has 3 aromatic rings. The van der Waals surface area contributed by atoms with Crippen LogP contribution in [0.25, 0.3) is 11.1 Å². The van der Waals surface area contributed by atoms with Gasteiger partial charge in [0.2, 0.25) is 0 Å². The van der Waals surface area contributed by atoms with Gasteiger partial charge in [0, 0.05) is 4.88 Å². The summed E-state index contributed by atoms with van der Waals surface area (Å²) in [4.78, 5) is 13.0. The molecule has 0 N–H and O–H groups in total. The quantitative estimate of drug-likeness (QED) is 0.212. The summed E-state index contributed by atoms with van der Waals surface area (Å²) in [5, 5.41) is 0. The van der Waals surface area contributed by atoms with Gasteiger partial charge in [-0.2, -0.15) is 13.2 Å². The maximum Gasteiger partial charge on any atom is 0.416 e. The number of alkyl halides is 3. The fourth-order valence-electron chi connectivity index (χ4n) is 3.64. The van der Waals surface area contributed by atoms with Gasteiger partial charge in [-0.05, 0) is 66.3 Å². The van der Waals surface area contributed by atoms with Crippen LogP contribution < -0.4 is 4.74 Å². The van der Waals surface area contributed by atoms with Crippen molar-refractivity contribution in [3.63, 3.8) is 0 Å². The van der Waals surface area contributed by atoms with Gasteiger partial charge in [-0.25, -0.2) is 0 Å². The minimum absolute atomic E-state index is 0.367. The standard InChI is InChI=1S/C26H27F3O2S/c1-2-3-4-5-21(25-15-14-24(18-30)32-25)16-17-31-23-12-8-20(9-13-23)19-6-10-22(11-7-19)26(27,28)29/h6-15,18,21H,2-5,16-17H2,1H3. The largest absolute Gasteiger partial charge is 0.494 e. The molecule has 0 bridgehead atoms. The van der Waals surface area contributed by atoms with E-state index in [-0.39, 0.29) is 0 Å². The van der Waals surface area contributed by atoms with Crippen molar-refractivity contribution in [1.82, 2.24) is 0 Å². The highest BCUT2D eigenvalue weighted by Crippen LogP contribution is 2.33. The lowest BCUT2D eigenvalue weighted by atomic mass is 9.96. The van der Waals surface area contributed by atoms with Crippen molar-refractivity contribution in [2.24, 2.45) is 0 Å². The van der Waals surface area contributed by atoms with Crippen LogP contribution in [0.3, 0.4) is 0 Å². The zero-order valence-electron chi connectivity index (χ0n) is 18.0. The summed E-state index contributed by atoms with van der Waals surface area (Å²) in [5.41, 5.74) is 0.911. The van der Waals surface area contributed by atoms with E-state index in [1.54, 1.807) is 11.3 Å². The number of hydrogen-bond donors (Lipinski definition) is 0. The molecule has 2 aromatic carbocycles. The average Bonchev–Trinajstić information content (AvgIpc) is 3.27. The SMILES string of the molecule is CCCCCC(CCOc1ccc(-c2ccc(C(F)(F)F)cc2)cc1)c1ccc(C=O)s1. The van der Waals surface area contributed by atoms with E-state index < -0.39 is 11.7 Å². The molecule has 0 saturated carbocycles. The Kier molecular flexibility index (Phi) is 8.51. The van der Waals surface area contributed by atoms with Crippen LogP contribution in [0.2, 0.25) is 0 Å². The van der Waals surface area contributed by atoms with Gasteiger partial charge in [-0.15, -0.1) is 11.3 Å². The van der Waals surface area contributed by atoms with E-state index in [2.05, 4.69) is 6.92 Å². The van der Waals surface area contributed by atoms with Crippen LogP contribution in [-0.2, 0) is 6.18 Å². The van der Waals surface area contributed by atoms with Crippen molar-refractivity contribution in [2.75, 3.05) is 6.61 Å². The highest BCUT2D eigenvalue weighted by molar-refractivity contribution is 7.13. The van der Waals surface area contributed by atoms with Gasteiger partial charge in [0.15, 0.2) is 6.29 Å². The average molecular weight is 461 g/mol. The fraction of sp³-hybridized carbons (Fsp3) is 0.346. The van der Waals surface area contributed by atoms with Crippen molar-refractivity contribution >= 4 is 17.6 Å². The maximum atomic E-state index is 12.7. The first kappa shape index (κ1) is 24.1. The Morgan fingerprint density at radius 2 is 1.56 bits per heavy atom. The van der Waals surface area contributed by atoms with E-state index in [1.807, 2.05) is 36.4 Å². The van der Waals surface area contributed by atoms with Crippen molar-refractivity contribution in [3.8, 4) is 16.9 Å². The van der Waals surface area contributed by atoms with Crippen LogP contribution in [0.1, 0.15) is 65.1 Å². The molecule has 0 spiro atoms. The second kappa shape index (κ2) is 11.3. The number of aldehydes is 1. The molecule has 3 rings (SSSR count). The predicted octanol–water partition coefficient (Wildman–Crippen LogP) is 8.38. The highest BCUT2D eigenvalue weighted by atomic mass is 32.1. The van der Waals surface area contributed by atoms with Crippen LogP contribution in [0.5, 0.6) is 5.75 Å². The monoisotopic (exact) mass is 460 g/mol. The Balaban J connectivity index is 1.57. The van der Waals surface area contributed by atoms with Crippen molar-refractivity contribution in [3.05, 3.63) is 76.0 Å². The Morgan fingerprint density at radius 3 is 2.12 bits per heavy atom. The highest BCUT2D eigenvalue weighted by Gasteiger charge is 2.29. The van der Waals surface area contributed by atoms with Gasteiger partial charge in [0.25, 0.3) is 0 Å². The smallest absolute Gasteiger partial charge is 0.416 e. The normalized spacial score (nSPS) is 12.5. The number of halogens is 3. The van der Waals surface area contributed by atoms with Crippen LogP contribution in [0.15, 0.2) is 60.7 Å². The van der Waals surface area contributed by atoms with Gasteiger partial charge >= 0.3 is 6.18 Å². The van der Waals surface area contributed by atoms with E-state index >= 15 is 0 Å². The van der Waals surface area contributed by atoms with E-state index in [1.165, 1.54) is 29.9 Å². The topological polar surface area (TPSA) is 26.3 Å². The number of carbonyl (C=O) groups excluding carboxylic acids is 1. The summed E-state index contributed by atoms with van der Waals surface area (Å²) in [6, 6.07) is 16.5. The van der Waals surface area contributed by atoms with Gasteiger partial charge < -0.3 is 4.74 Å². The molecular weight excluding hydrogens is 433 g/mol. The molecule has 32 heavy (non-hydrogen) atoms. The van der Waals surface area contributed by atoms with Gasteiger partial charge in [-0.1, -0.05) is 50.5 Å². The molecule has 0 aliphatic carbocycles. The van der Waals surface area contributed by atoms with E-state index in [4.69, 9.17) is 4.74 Å². The lowest BCUT2D eigenvalue weighted by Gasteiger charge is -2.16. The molecule has 0 aliphatic rings. The molecule has 0 fully saturated rings. The van der Waals surface area contributed by atoms with E-state index in [0.717, 1.165) is 59.4 Å². The zero-order valence-corrected chi connectivity index (χ0v) is 18.8. The molecule has 6 heteroatoms. The first-order valence-corrected chi connectivity index (χ1v) is 11.7. The number of carbonyl (C=O) groups is 1. The molecule has 1 heterocycles. The second-order valence-corrected chi connectivity index (χ2v) is 8.93. The summed E-state index contributed by atoms with van der Waals surface area (Å²) in [6.07, 6.45) is 2.01. The minimum atomic E-state index is -4.33. The molecule has 0 amide bonds.